The number of aryl methyl sites for hydroxylation is 1. The Morgan fingerprint density at radius 3 is 2.58 bits per heavy atom. The molecule has 0 bridgehead atoms. The zero-order valence-electron chi connectivity index (χ0n) is 15.0. The topological polar surface area (TPSA) is 79.6 Å². The van der Waals surface area contributed by atoms with Crippen LogP contribution in [0, 0.1) is 6.92 Å². The number of nitrogens with one attached hydrogen (secondary N) is 1. The van der Waals surface area contributed by atoms with Gasteiger partial charge in [-0.05, 0) is 43.4 Å². The monoisotopic (exact) mass is 396 g/mol. The third kappa shape index (κ3) is 6.76. The predicted molar refractivity (Wildman–Crippen MR) is 106 cm³/mol. The standard InChI is InChI=1S/C18H24N2O4S2/c1-15-6-8-16(9-7-15)20(26(2,22)23)13-18(21)19-10-4-12-25-14-17-5-3-11-24-17/h3,5-9,11H,4,10,12-14H2,1-2H3,(H,19,21). The summed E-state index contributed by atoms with van der Waals surface area (Å²) in [4.78, 5) is 12.1. The molecule has 8 heteroatoms. The molecule has 26 heavy (non-hydrogen) atoms. The molecule has 2 aromatic rings. The minimum absolute atomic E-state index is 0.221. The minimum atomic E-state index is -3.53. The number of amides is 1. The molecule has 0 saturated carbocycles. The molecule has 0 unspecified atom stereocenters. The molecule has 0 aliphatic rings. The van der Waals surface area contributed by atoms with Crippen molar-refractivity contribution in [2.24, 2.45) is 0 Å². The first-order valence-electron chi connectivity index (χ1n) is 8.27. The predicted octanol–water partition coefficient (Wildman–Crippen LogP) is 2.79. The van der Waals surface area contributed by atoms with Crippen LogP contribution in [0.15, 0.2) is 47.1 Å². The lowest BCUT2D eigenvalue weighted by molar-refractivity contribution is -0.119. The van der Waals surface area contributed by atoms with Gasteiger partial charge in [0.2, 0.25) is 15.9 Å². The van der Waals surface area contributed by atoms with Gasteiger partial charge in [0.1, 0.15) is 12.3 Å². The van der Waals surface area contributed by atoms with Gasteiger partial charge in [0.05, 0.1) is 24.0 Å². The Morgan fingerprint density at radius 1 is 1.23 bits per heavy atom. The summed E-state index contributed by atoms with van der Waals surface area (Å²) in [5.74, 6) is 2.30. The van der Waals surface area contributed by atoms with Crippen molar-refractivity contribution in [3.8, 4) is 0 Å². The van der Waals surface area contributed by atoms with E-state index in [0.717, 1.165) is 39.8 Å². The second-order valence-electron chi connectivity index (χ2n) is 5.94. The van der Waals surface area contributed by atoms with Gasteiger partial charge in [0.25, 0.3) is 0 Å². The van der Waals surface area contributed by atoms with Gasteiger partial charge in [-0.25, -0.2) is 8.42 Å². The minimum Gasteiger partial charge on any atom is -0.468 e. The van der Waals surface area contributed by atoms with Gasteiger partial charge < -0.3 is 9.73 Å². The molecule has 0 atom stereocenters. The Morgan fingerprint density at radius 2 is 1.96 bits per heavy atom. The van der Waals surface area contributed by atoms with Gasteiger partial charge >= 0.3 is 0 Å². The fraction of sp³-hybridized carbons (Fsp3) is 0.389. The number of hydrogen-bond acceptors (Lipinski definition) is 5. The highest BCUT2D eigenvalue weighted by Gasteiger charge is 2.20. The molecule has 0 radical (unpaired) electrons. The summed E-state index contributed by atoms with van der Waals surface area (Å²) in [7, 11) is -3.53. The highest BCUT2D eigenvalue weighted by molar-refractivity contribution is 7.98. The average Bonchev–Trinajstić information content (AvgIpc) is 3.09. The molecule has 0 fully saturated rings. The van der Waals surface area contributed by atoms with Crippen LogP contribution in [0.25, 0.3) is 0 Å². The smallest absolute Gasteiger partial charge is 0.240 e. The lowest BCUT2D eigenvalue weighted by Crippen LogP contribution is -2.40. The quantitative estimate of drug-likeness (QED) is 0.625. The Balaban J connectivity index is 1.75. The third-order valence-corrected chi connectivity index (χ3v) is 5.83. The molecule has 6 nitrogen and oxygen atoms in total. The lowest BCUT2D eigenvalue weighted by Gasteiger charge is -2.22. The molecule has 1 amide bonds. The van der Waals surface area contributed by atoms with Crippen molar-refractivity contribution in [1.29, 1.82) is 0 Å². The van der Waals surface area contributed by atoms with E-state index in [2.05, 4.69) is 5.32 Å². The summed E-state index contributed by atoms with van der Waals surface area (Å²) < 4.78 is 30.4. The number of anilines is 1. The number of sulfonamides is 1. The van der Waals surface area contributed by atoms with Gasteiger partial charge in [-0.1, -0.05) is 17.7 Å². The first-order chi connectivity index (χ1) is 12.4. The molecular formula is C18H24N2O4S2. The normalized spacial score (nSPS) is 11.3. The fourth-order valence-electron chi connectivity index (χ4n) is 2.27. The number of rotatable bonds is 10. The molecule has 142 valence electrons. The van der Waals surface area contributed by atoms with Crippen molar-refractivity contribution in [2.75, 3.05) is 29.4 Å². The summed E-state index contributed by atoms with van der Waals surface area (Å²) in [6, 6.07) is 10.8. The van der Waals surface area contributed by atoms with E-state index in [1.165, 1.54) is 0 Å². The summed E-state index contributed by atoms with van der Waals surface area (Å²) in [6.45, 7) is 2.21. The summed E-state index contributed by atoms with van der Waals surface area (Å²) in [5, 5.41) is 2.78. The van der Waals surface area contributed by atoms with Crippen molar-refractivity contribution in [1.82, 2.24) is 5.32 Å². The molecule has 1 aromatic carbocycles. The number of benzene rings is 1. The fourth-order valence-corrected chi connectivity index (χ4v) is 3.98. The van der Waals surface area contributed by atoms with Gasteiger partial charge in [-0.3, -0.25) is 9.10 Å². The van der Waals surface area contributed by atoms with Crippen LogP contribution < -0.4 is 9.62 Å². The van der Waals surface area contributed by atoms with Crippen molar-refractivity contribution in [3.63, 3.8) is 0 Å². The Labute approximate surface area is 159 Å². The first-order valence-corrected chi connectivity index (χ1v) is 11.3. The zero-order chi connectivity index (χ0) is 19.0. The number of nitrogens with zero attached hydrogens (tertiary/aromatic N) is 1. The van der Waals surface area contributed by atoms with Crippen molar-refractivity contribution < 1.29 is 17.6 Å². The highest BCUT2D eigenvalue weighted by Crippen LogP contribution is 2.18. The molecule has 2 rings (SSSR count). The molecule has 1 N–H and O–H groups in total. The van der Waals surface area contributed by atoms with E-state index in [9.17, 15) is 13.2 Å². The second kappa shape index (κ2) is 9.68. The van der Waals surface area contributed by atoms with E-state index in [1.54, 1.807) is 30.2 Å². The van der Waals surface area contributed by atoms with E-state index in [-0.39, 0.29) is 12.5 Å². The SMILES string of the molecule is Cc1ccc(N(CC(=O)NCCCSCc2ccco2)S(C)(=O)=O)cc1. The van der Waals surface area contributed by atoms with Crippen LogP contribution >= 0.6 is 11.8 Å². The first kappa shape index (κ1) is 20.4. The molecule has 0 aliphatic carbocycles. The maximum Gasteiger partial charge on any atom is 0.240 e. The molecular weight excluding hydrogens is 372 g/mol. The Hall–Kier alpha value is -1.93. The summed E-state index contributed by atoms with van der Waals surface area (Å²) in [6.07, 6.45) is 3.56. The number of furan rings is 1. The second-order valence-corrected chi connectivity index (χ2v) is 8.95. The Bertz CT molecular complexity index is 787. The number of carbonyl (C=O) groups is 1. The van der Waals surface area contributed by atoms with Gasteiger partial charge in [0, 0.05) is 6.54 Å². The molecule has 0 spiro atoms. The summed E-state index contributed by atoms with van der Waals surface area (Å²) in [5.41, 5.74) is 1.51. The number of carbonyl (C=O) groups excluding carboxylic acids is 1. The highest BCUT2D eigenvalue weighted by atomic mass is 32.2. The molecule has 1 heterocycles. The van der Waals surface area contributed by atoms with Gasteiger partial charge in [-0.2, -0.15) is 11.8 Å². The van der Waals surface area contributed by atoms with Crippen LogP contribution in [0.2, 0.25) is 0 Å². The van der Waals surface area contributed by atoms with E-state index in [1.807, 2.05) is 31.2 Å². The largest absolute Gasteiger partial charge is 0.468 e. The van der Waals surface area contributed by atoms with E-state index >= 15 is 0 Å². The van der Waals surface area contributed by atoms with Crippen LogP contribution in [-0.4, -0.2) is 39.4 Å². The lowest BCUT2D eigenvalue weighted by atomic mass is 10.2. The van der Waals surface area contributed by atoms with Crippen molar-refractivity contribution in [2.45, 2.75) is 19.1 Å². The van der Waals surface area contributed by atoms with E-state index in [0.29, 0.717) is 12.2 Å². The van der Waals surface area contributed by atoms with Gasteiger partial charge in [0.15, 0.2) is 0 Å². The van der Waals surface area contributed by atoms with Crippen LogP contribution in [0.3, 0.4) is 0 Å². The maximum atomic E-state index is 12.1. The molecule has 1 aromatic heterocycles. The Kier molecular flexibility index (Phi) is 7.59. The van der Waals surface area contributed by atoms with Crippen LogP contribution in [0.4, 0.5) is 5.69 Å². The van der Waals surface area contributed by atoms with E-state index in [4.69, 9.17) is 4.42 Å². The summed E-state index contributed by atoms with van der Waals surface area (Å²) >= 11 is 1.73. The third-order valence-electron chi connectivity index (χ3n) is 3.62. The average molecular weight is 397 g/mol. The number of thioether (sulfide) groups is 1. The molecule has 0 aliphatic heterocycles. The van der Waals surface area contributed by atoms with Gasteiger partial charge in [-0.15, -0.1) is 0 Å². The van der Waals surface area contributed by atoms with Crippen LogP contribution in [-0.2, 0) is 20.6 Å². The van der Waals surface area contributed by atoms with Crippen LogP contribution in [0.5, 0.6) is 0 Å². The van der Waals surface area contributed by atoms with E-state index < -0.39 is 10.0 Å². The van der Waals surface area contributed by atoms with Crippen molar-refractivity contribution in [3.05, 3.63) is 54.0 Å². The van der Waals surface area contributed by atoms with Crippen LogP contribution in [0.1, 0.15) is 17.7 Å². The molecule has 0 saturated heterocycles. The zero-order valence-corrected chi connectivity index (χ0v) is 16.6. The maximum absolute atomic E-state index is 12.1. The van der Waals surface area contributed by atoms with Crippen molar-refractivity contribution >= 4 is 33.4 Å². The number of hydrogen-bond donors (Lipinski definition) is 1.